The van der Waals surface area contributed by atoms with Gasteiger partial charge in [0.05, 0.1) is 12.4 Å². The Kier molecular flexibility index (Phi) is 7.50. The molecule has 1 aromatic carbocycles. The quantitative estimate of drug-likeness (QED) is 0.441. The van der Waals surface area contributed by atoms with Gasteiger partial charge in [-0.05, 0) is 30.7 Å². The summed E-state index contributed by atoms with van der Waals surface area (Å²) in [6.07, 6.45) is 1.18. The Balaban J connectivity index is 2.37. The third-order valence-corrected chi connectivity index (χ3v) is 4.59. The first-order valence-electron chi connectivity index (χ1n) is 6.55. The Hall–Kier alpha value is -1.18. The molecule has 3 nitrogen and oxygen atoms in total. The fraction of sp³-hybridized carbons (Fsp3) is 0.467. The molecule has 0 bridgehead atoms. The van der Waals surface area contributed by atoms with Gasteiger partial charge in [0, 0.05) is 23.6 Å². The van der Waals surface area contributed by atoms with E-state index in [4.69, 9.17) is 16.3 Å². The highest BCUT2D eigenvalue weighted by molar-refractivity contribution is 7.91. The second-order valence-electron chi connectivity index (χ2n) is 4.20. The minimum absolute atomic E-state index is 0.172. The van der Waals surface area contributed by atoms with E-state index in [0.29, 0.717) is 25.3 Å². The van der Waals surface area contributed by atoms with Gasteiger partial charge >= 0.3 is 0 Å². The van der Waals surface area contributed by atoms with Crippen LogP contribution in [0.4, 0.5) is 0 Å². The molecule has 0 heterocycles. The van der Waals surface area contributed by atoms with E-state index in [1.54, 1.807) is 6.92 Å². The summed E-state index contributed by atoms with van der Waals surface area (Å²) in [4.78, 5) is 0. The summed E-state index contributed by atoms with van der Waals surface area (Å²) < 4.78 is 28.1. The van der Waals surface area contributed by atoms with Crippen molar-refractivity contribution in [3.63, 3.8) is 0 Å². The van der Waals surface area contributed by atoms with Gasteiger partial charge < -0.3 is 4.74 Å². The van der Waals surface area contributed by atoms with Gasteiger partial charge in [-0.25, -0.2) is 8.42 Å². The Morgan fingerprint density at radius 3 is 2.55 bits per heavy atom. The van der Waals surface area contributed by atoms with Crippen LogP contribution in [-0.2, 0) is 9.84 Å². The van der Waals surface area contributed by atoms with Crippen molar-refractivity contribution < 1.29 is 13.2 Å². The number of hydrogen-bond donors (Lipinski definition) is 0. The molecule has 0 fully saturated rings. The monoisotopic (exact) mass is 314 g/mol. The maximum Gasteiger partial charge on any atom is 0.150 e. The molecule has 0 aliphatic carbocycles. The molecule has 0 N–H and O–H groups in total. The molecule has 0 saturated carbocycles. The number of rotatable bonds is 7. The zero-order valence-corrected chi connectivity index (χ0v) is 13.1. The molecule has 0 spiro atoms. The van der Waals surface area contributed by atoms with Gasteiger partial charge in [-0.15, -0.1) is 11.6 Å². The van der Waals surface area contributed by atoms with Crippen molar-refractivity contribution >= 4 is 21.4 Å². The Bertz CT molecular complexity index is 553. The molecule has 1 aromatic rings. The molecule has 0 aliphatic heterocycles. The Labute approximate surface area is 126 Å². The van der Waals surface area contributed by atoms with Gasteiger partial charge in [0.15, 0.2) is 0 Å². The highest BCUT2D eigenvalue weighted by Gasteiger charge is 2.06. The van der Waals surface area contributed by atoms with E-state index in [9.17, 15) is 8.42 Å². The molecule has 1 rings (SSSR count). The third-order valence-electron chi connectivity index (χ3n) is 2.61. The van der Waals surface area contributed by atoms with Crippen molar-refractivity contribution in [3.05, 3.63) is 29.8 Å². The largest absolute Gasteiger partial charge is 0.494 e. The van der Waals surface area contributed by atoms with E-state index < -0.39 is 9.84 Å². The van der Waals surface area contributed by atoms with Crippen LogP contribution in [-0.4, -0.2) is 32.4 Å². The van der Waals surface area contributed by atoms with Crippen molar-refractivity contribution in [1.82, 2.24) is 0 Å². The van der Waals surface area contributed by atoms with Crippen LogP contribution in [0.15, 0.2) is 24.3 Å². The molecule has 0 aliphatic rings. The normalized spacial score (nSPS) is 10.7. The number of alkyl halides is 1. The molecule has 5 heteroatoms. The number of halogens is 1. The number of hydrogen-bond acceptors (Lipinski definition) is 3. The molecular formula is C15H19ClO3S. The zero-order chi connectivity index (χ0) is 14.8. The summed E-state index contributed by atoms with van der Waals surface area (Å²) in [5.74, 6) is 7.57. The van der Waals surface area contributed by atoms with Crippen LogP contribution in [0.3, 0.4) is 0 Å². The minimum atomic E-state index is -2.90. The van der Waals surface area contributed by atoms with Crippen molar-refractivity contribution in [3.8, 4) is 17.6 Å². The molecule has 20 heavy (non-hydrogen) atoms. The van der Waals surface area contributed by atoms with E-state index in [1.165, 1.54) is 0 Å². The van der Waals surface area contributed by atoms with Crippen LogP contribution in [0.2, 0.25) is 0 Å². The lowest BCUT2D eigenvalue weighted by molar-refractivity contribution is 0.317. The lowest BCUT2D eigenvalue weighted by atomic mass is 10.2. The lowest BCUT2D eigenvalue weighted by Crippen LogP contribution is -2.11. The topological polar surface area (TPSA) is 43.4 Å². The number of ether oxygens (including phenoxy) is 1. The van der Waals surface area contributed by atoms with E-state index in [1.807, 2.05) is 24.3 Å². The van der Waals surface area contributed by atoms with Crippen molar-refractivity contribution in [2.75, 3.05) is 24.0 Å². The maximum atomic E-state index is 11.3. The van der Waals surface area contributed by atoms with Crippen molar-refractivity contribution in [2.24, 2.45) is 0 Å². The average molecular weight is 315 g/mol. The fourth-order valence-electron chi connectivity index (χ4n) is 1.46. The highest BCUT2D eigenvalue weighted by atomic mass is 35.5. The van der Waals surface area contributed by atoms with Gasteiger partial charge in [-0.3, -0.25) is 0 Å². The summed E-state index contributed by atoms with van der Waals surface area (Å²) in [5.41, 5.74) is 0.913. The predicted molar refractivity (Wildman–Crippen MR) is 83.1 cm³/mol. The van der Waals surface area contributed by atoms with Crippen LogP contribution in [0, 0.1) is 11.8 Å². The standard InChI is InChI=1S/C15H19ClO3S/c1-2-20(17,18)13-5-12-19-15-9-7-14(8-10-15)6-3-4-11-16/h7-10H,2,4-5,11-13H2,1H3. The van der Waals surface area contributed by atoms with Crippen LogP contribution in [0.1, 0.15) is 25.3 Å². The Morgan fingerprint density at radius 1 is 1.25 bits per heavy atom. The second-order valence-corrected chi connectivity index (χ2v) is 7.05. The van der Waals surface area contributed by atoms with Crippen LogP contribution in [0.5, 0.6) is 5.75 Å². The van der Waals surface area contributed by atoms with Gasteiger partial charge in [-0.2, -0.15) is 0 Å². The smallest absolute Gasteiger partial charge is 0.150 e. The third kappa shape index (κ3) is 6.83. The summed E-state index contributed by atoms with van der Waals surface area (Å²) in [7, 11) is -2.90. The van der Waals surface area contributed by atoms with Gasteiger partial charge in [0.25, 0.3) is 0 Å². The zero-order valence-electron chi connectivity index (χ0n) is 11.6. The first-order valence-corrected chi connectivity index (χ1v) is 8.91. The van der Waals surface area contributed by atoms with Gasteiger partial charge in [0.1, 0.15) is 15.6 Å². The number of sulfone groups is 1. The van der Waals surface area contributed by atoms with E-state index >= 15 is 0 Å². The Morgan fingerprint density at radius 2 is 1.95 bits per heavy atom. The molecule has 0 unspecified atom stereocenters. The summed E-state index contributed by atoms with van der Waals surface area (Å²) in [6, 6.07) is 7.41. The molecule has 110 valence electrons. The first-order chi connectivity index (χ1) is 9.57. The van der Waals surface area contributed by atoms with E-state index in [-0.39, 0.29) is 11.5 Å². The SMILES string of the molecule is CCS(=O)(=O)CCCOc1ccc(C#CCCCl)cc1. The summed E-state index contributed by atoms with van der Waals surface area (Å²) >= 11 is 5.54. The second kappa shape index (κ2) is 8.89. The van der Waals surface area contributed by atoms with Crippen LogP contribution < -0.4 is 4.74 Å². The molecular weight excluding hydrogens is 296 g/mol. The molecule has 0 amide bonds. The van der Waals surface area contributed by atoms with Crippen molar-refractivity contribution in [2.45, 2.75) is 19.8 Å². The van der Waals surface area contributed by atoms with Crippen molar-refractivity contribution in [1.29, 1.82) is 0 Å². The maximum absolute atomic E-state index is 11.3. The lowest BCUT2D eigenvalue weighted by Gasteiger charge is -2.06. The van der Waals surface area contributed by atoms with Gasteiger partial charge in [0.2, 0.25) is 0 Å². The molecule has 0 atom stereocenters. The number of benzene rings is 1. The first kappa shape index (κ1) is 16.9. The van der Waals surface area contributed by atoms with Gasteiger partial charge in [-0.1, -0.05) is 18.8 Å². The van der Waals surface area contributed by atoms with E-state index in [0.717, 1.165) is 11.3 Å². The predicted octanol–water partition coefficient (Wildman–Crippen LogP) is 2.87. The fourth-order valence-corrected chi connectivity index (χ4v) is 2.40. The van der Waals surface area contributed by atoms with Crippen LogP contribution in [0.25, 0.3) is 0 Å². The molecule has 0 radical (unpaired) electrons. The molecule has 0 saturated heterocycles. The highest BCUT2D eigenvalue weighted by Crippen LogP contribution is 2.12. The molecule has 0 aromatic heterocycles. The summed E-state index contributed by atoms with van der Waals surface area (Å²) in [6.45, 7) is 2.05. The van der Waals surface area contributed by atoms with E-state index in [2.05, 4.69) is 11.8 Å². The summed E-state index contributed by atoms with van der Waals surface area (Å²) in [5, 5.41) is 0. The average Bonchev–Trinajstić information content (AvgIpc) is 2.45. The van der Waals surface area contributed by atoms with Crippen LogP contribution >= 0.6 is 11.6 Å². The minimum Gasteiger partial charge on any atom is -0.494 e.